The number of piperazine rings is 1. The molecule has 180 valence electrons. The average molecular weight is 476 g/mol. The zero-order valence-corrected chi connectivity index (χ0v) is 20.0. The molecule has 0 unspecified atom stereocenters. The van der Waals surface area contributed by atoms with Crippen molar-refractivity contribution in [3.63, 3.8) is 0 Å². The van der Waals surface area contributed by atoms with Gasteiger partial charge in [-0.25, -0.2) is 18.3 Å². The number of anilines is 1. The van der Waals surface area contributed by atoms with E-state index >= 15 is 0 Å². The van der Waals surface area contributed by atoms with E-state index in [9.17, 15) is 13.6 Å². The summed E-state index contributed by atoms with van der Waals surface area (Å²) in [6, 6.07) is 16.5. The van der Waals surface area contributed by atoms with Gasteiger partial charge >= 0.3 is 0 Å². The number of hydrogen-bond acceptors (Lipinski definition) is 4. The molecule has 8 heteroatoms. The molecule has 4 aromatic rings. The lowest BCUT2D eigenvalue weighted by atomic mass is 9.93. The van der Waals surface area contributed by atoms with Gasteiger partial charge in [0.15, 0.2) is 5.65 Å². The Balaban J connectivity index is 1.51. The van der Waals surface area contributed by atoms with E-state index in [0.29, 0.717) is 54.5 Å². The summed E-state index contributed by atoms with van der Waals surface area (Å²) >= 11 is 0. The van der Waals surface area contributed by atoms with Gasteiger partial charge in [-0.1, -0.05) is 45.0 Å². The average Bonchev–Trinajstić information content (AvgIpc) is 3.29. The van der Waals surface area contributed by atoms with Crippen LogP contribution in [0.25, 0.3) is 16.9 Å². The molecule has 2 aromatic carbocycles. The van der Waals surface area contributed by atoms with Crippen molar-refractivity contribution in [2.45, 2.75) is 26.2 Å². The van der Waals surface area contributed by atoms with Crippen LogP contribution in [0.15, 0.2) is 60.7 Å². The molecular formula is C27H27F2N5O. The van der Waals surface area contributed by atoms with Crippen LogP contribution in [0.4, 0.5) is 14.5 Å². The number of fused-ring (bicyclic) bond motifs is 1. The predicted molar refractivity (Wildman–Crippen MR) is 132 cm³/mol. The molecule has 1 aliphatic heterocycles. The van der Waals surface area contributed by atoms with Crippen LogP contribution in [0.2, 0.25) is 0 Å². The van der Waals surface area contributed by atoms with E-state index in [1.807, 2.05) is 31.7 Å². The molecule has 5 rings (SSSR count). The number of benzene rings is 2. The van der Waals surface area contributed by atoms with Crippen LogP contribution >= 0.6 is 0 Å². The van der Waals surface area contributed by atoms with Crippen molar-refractivity contribution in [2.75, 3.05) is 31.1 Å². The van der Waals surface area contributed by atoms with Gasteiger partial charge in [0.2, 0.25) is 0 Å². The van der Waals surface area contributed by atoms with Gasteiger partial charge in [0, 0.05) is 43.2 Å². The third-order valence-electron chi connectivity index (χ3n) is 6.32. The highest BCUT2D eigenvalue weighted by Crippen LogP contribution is 2.27. The number of halogens is 2. The molecule has 1 amide bonds. The van der Waals surface area contributed by atoms with Crippen molar-refractivity contribution in [3.8, 4) is 11.3 Å². The second-order valence-electron chi connectivity index (χ2n) is 9.79. The van der Waals surface area contributed by atoms with E-state index in [1.54, 1.807) is 51.9 Å². The number of hydrogen-bond donors (Lipinski definition) is 0. The summed E-state index contributed by atoms with van der Waals surface area (Å²) in [4.78, 5) is 22.0. The zero-order valence-electron chi connectivity index (χ0n) is 20.0. The van der Waals surface area contributed by atoms with Crippen LogP contribution in [0.3, 0.4) is 0 Å². The van der Waals surface area contributed by atoms with Gasteiger partial charge in [0.25, 0.3) is 5.91 Å². The Kier molecular flexibility index (Phi) is 5.75. The van der Waals surface area contributed by atoms with E-state index in [4.69, 9.17) is 0 Å². The molecule has 0 saturated carbocycles. The molecule has 0 spiro atoms. The summed E-state index contributed by atoms with van der Waals surface area (Å²) in [6.07, 6.45) is 0. The Morgan fingerprint density at radius 3 is 2.20 bits per heavy atom. The molecule has 3 heterocycles. The number of aromatic nitrogens is 3. The van der Waals surface area contributed by atoms with E-state index in [0.717, 1.165) is 5.69 Å². The van der Waals surface area contributed by atoms with Crippen LogP contribution in [0.5, 0.6) is 0 Å². The summed E-state index contributed by atoms with van der Waals surface area (Å²) < 4.78 is 30.4. The van der Waals surface area contributed by atoms with Gasteiger partial charge < -0.3 is 9.80 Å². The summed E-state index contributed by atoms with van der Waals surface area (Å²) in [7, 11) is 0. The molecular weight excluding hydrogens is 448 g/mol. The highest BCUT2D eigenvalue weighted by molar-refractivity contribution is 5.94. The normalized spacial score (nSPS) is 14.5. The minimum Gasteiger partial charge on any atom is -0.366 e. The van der Waals surface area contributed by atoms with E-state index in [-0.39, 0.29) is 17.1 Å². The van der Waals surface area contributed by atoms with Crippen molar-refractivity contribution < 1.29 is 13.6 Å². The maximum atomic E-state index is 14.6. The van der Waals surface area contributed by atoms with E-state index < -0.39 is 5.82 Å². The van der Waals surface area contributed by atoms with Crippen LogP contribution in [0.1, 0.15) is 37.0 Å². The quantitative estimate of drug-likeness (QED) is 0.422. The lowest BCUT2D eigenvalue weighted by molar-refractivity contribution is 0.0737. The molecule has 0 N–H and O–H groups in total. The van der Waals surface area contributed by atoms with Crippen LogP contribution in [-0.4, -0.2) is 51.6 Å². The fourth-order valence-corrected chi connectivity index (χ4v) is 4.32. The SMILES string of the molecule is CC(C)(C)c1cc2nc(-c3ccccc3F)cc(C(=O)N3CCN(c4ccccc4F)CC3)n2n1. The number of nitrogens with zero attached hydrogens (tertiary/aromatic N) is 5. The first-order valence-corrected chi connectivity index (χ1v) is 11.7. The van der Waals surface area contributed by atoms with Gasteiger partial charge in [0.1, 0.15) is 17.3 Å². The third kappa shape index (κ3) is 4.36. The first-order valence-electron chi connectivity index (χ1n) is 11.7. The van der Waals surface area contributed by atoms with Crippen molar-refractivity contribution >= 4 is 17.2 Å². The predicted octanol–water partition coefficient (Wildman–Crippen LogP) is 4.93. The molecule has 35 heavy (non-hydrogen) atoms. The molecule has 0 radical (unpaired) electrons. The van der Waals surface area contributed by atoms with Gasteiger partial charge in [-0.05, 0) is 30.3 Å². The smallest absolute Gasteiger partial charge is 0.272 e. The monoisotopic (exact) mass is 475 g/mol. The molecule has 1 fully saturated rings. The lowest BCUT2D eigenvalue weighted by Gasteiger charge is -2.36. The molecule has 2 aromatic heterocycles. The van der Waals surface area contributed by atoms with E-state index in [1.165, 1.54) is 12.1 Å². The fourth-order valence-electron chi connectivity index (χ4n) is 4.32. The highest BCUT2D eigenvalue weighted by atomic mass is 19.1. The number of rotatable bonds is 3. The molecule has 6 nitrogen and oxygen atoms in total. The standard InChI is InChI=1S/C27H27F2N5O/c1-27(2,3)24-17-25-30-21(18-8-4-5-9-19(18)28)16-23(34(25)31-24)26(35)33-14-12-32(13-15-33)22-11-7-6-10-20(22)29/h4-11,16-17H,12-15H2,1-3H3. The summed E-state index contributed by atoms with van der Waals surface area (Å²) in [5.41, 5.74) is 2.59. The van der Waals surface area contributed by atoms with Gasteiger partial charge in [-0.3, -0.25) is 4.79 Å². The Hall–Kier alpha value is -3.81. The van der Waals surface area contributed by atoms with Gasteiger partial charge in [0.05, 0.1) is 17.1 Å². The fraction of sp³-hybridized carbons (Fsp3) is 0.296. The first-order chi connectivity index (χ1) is 16.7. The second kappa shape index (κ2) is 8.76. The summed E-state index contributed by atoms with van der Waals surface area (Å²) in [6.45, 7) is 7.99. The number of amides is 1. The topological polar surface area (TPSA) is 53.7 Å². The van der Waals surface area contributed by atoms with Crippen LogP contribution in [0, 0.1) is 11.6 Å². The number of carbonyl (C=O) groups is 1. The molecule has 0 aliphatic carbocycles. The van der Waals surface area contributed by atoms with Crippen molar-refractivity contribution in [1.82, 2.24) is 19.5 Å². The van der Waals surface area contributed by atoms with Crippen LogP contribution < -0.4 is 4.90 Å². The summed E-state index contributed by atoms with van der Waals surface area (Å²) in [5, 5.41) is 4.68. The highest BCUT2D eigenvalue weighted by Gasteiger charge is 2.28. The molecule has 1 saturated heterocycles. The Morgan fingerprint density at radius 2 is 1.54 bits per heavy atom. The maximum absolute atomic E-state index is 14.6. The Morgan fingerprint density at radius 1 is 0.886 bits per heavy atom. The largest absolute Gasteiger partial charge is 0.366 e. The minimum atomic E-state index is -0.406. The molecule has 0 atom stereocenters. The lowest BCUT2D eigenvalue weighted by Crippen LogP contribution is -2.49. The van der Waals surface area contributed by atoms with Crippen molar-refractivity contribution in [1.29, 1.82) is 0 Å². The third-order valence-corrected chi connectivity index (χ3v) is 6.32. The van der Waals surface area contributed by atoms with Gasteiger partial charge in [-0.15, -0.1) is 0 Å². The molecule has 0 bridgehead atoms. The second-order valence-corrected chi connectivity index (χ2v) is 9.79. The first kappa shape index (κ1) is 23.0. The Labute approximate surface area is 202 Å². The number of carbonyl (C=O) groups excluding carboxylic acids is 1. The minimum absolute atomic E-state index is 0.216. The Bertz CT molecular complexity index is 1400. The maximum Gasteiger partial charge on any atom is 0.272 e. The zero-order chi connectivity index (χ0) is 24.7. The van der Waals surface area contributed by atoms with Gasteiger partial charge in [-0.2, -0.15) is 5.10 Å². The van der Waals surface area contributed by atoms with Crippen molar-refractivity contribution in [2.24, 2.45) is 0 Å². The van der Waals surface area contributed by atoms with Crippen LogP contribution in [-0.2, 0) is 5.41 Å². The van der Waals surface area contributed by atoms with Crippen molar-refractivity contribution in [3.05, 3.63) is 83.7 Å². The summed E-state index contributed by atoms with van der Waals surface area (Å²) in [5.74, 6) is -0.896. The molecule has 1 aliphatic rings. The number of para-hydroxylation sites is 1. The van der Waals surface area contributed by atoms with E-state index in [2.05, 4.69) is 10.1 Å².